The van der Waals surface area contributed by atoms with Gasteiger partial charge in [-0.15, -0.1) is 0 Å². The number of hydrogen-bond acceptors (Lipinski definition) is 1. The predicted octanol–water partition coefficient (Wildman–Crippen LogP) is 4.23. The van der Waals surface area contributed by atoms with E-state index in [9.17, 15) is 0 Å². The first-order valence-corrected chi connectivity index (χ1v) is 8.15. The maximum Gasteiger partial charge on any atom is 0.171 e. The molecule has 1 aromatic rings. The lowest BCUT2D eigenvalue weighted by molar-refractivity contribution is 0.392. The Balaban J connectivity index is 1.59. The minimum Gasteiger partial charge on any atom is -0.359 e. The van der Waals surface area contributed by atoms with Gasteiger partial charge >= 0.3 is 0 Å². The van der Waals surface area contributed by atoms with Gasteiger partial charge in [0.15, 0.2) is 5.11 Å². The largest absolute Gasteiger partial charge is 0.359 e. The third kappa shape index (κ3) is 2.95. The van der Waals surface area contributed by atoms with Crippen LogP contribution in [-0.2, 0) is 0 Å². The van der Waals surface area contributed by atoms with Crippen molar-refractivity contribution in [2.75, 3.05) is 5.32 Å². The van der Waals surface area contributed by atoms with Crippen molar-refractivity contribution in [2.45, 2.75) is 38.6 Å². The van der Waals surface area contributed by atoms with Gasteiger partial charge in [-0.1, -0.05) is 22.4 Å². The van der Waals surface area contributed by atoms with E-state index in [1.807, 2.05) is 6.07 Å². The third-order valence-corrected chi connectivity index (χ3v) is 5.20. The molecule has 2 N–H and O–H groups in total. The number of benzene rings is 1. The number of halogens is 1. The molecule has 3 rings (SSSR count). The minimum absolute atomic E-state index is 0.592. The fourth-order valence-electron chi connectivity index (χ4n) is 3.52. The summed E-state index contributed by atoms with van der Waals surface area (Å²) in [6.07, 6.45) is 5.50. The number of hydrogen-bond donors (Lipinski definition) is 2. The highest BCUT2D eigenvalue weighted by Crippen LogP contribution is 2.44. The Hall–Kier alpha value is -0.610. The summed E-state index contributed by atoms with van der Waals surface area (Å²) in [5, 5.41) is 7.60. The quantitative estimate of drug-likeness (QED) is 0.789. The number of thiocarbonyl (C=S) groups is 1. The molecule has 2 saturated carbocycles. The van der Waals surface area contributed by atoms with E-state index in [0.29, 0.717) is 6.04 Å². The van der Waals surface area contributed by atoms with Gasteiger partial charge in [-0.3, -0.25) is 0 Å². The zero-order chi connectivity index (χ0) is 13.4. The van der Waals surface area contributed by atoms with Crippen LogP contribution in [0.15, 0.2) is 22.7 Å². The maximum atomic E-state index is 5.45. The normalized spacial score (nSPS) is 28.4. The van der Waals surface area contributed by atoms with Crippen LogP contribution in [0.3, 0.4) is 0 Å². The average molecular weight is 339 g/mol. The number of aryl methyl sites for hydroxylation is 1. The predicted molar refractivity (Wildman–Crippen MR) is 87.5 cm³/mol. The molecule has 3 atom stereocenters. The lowest BCUT2D eigenvalue weighted by Gasteiger charge is -2.24. The lowest BCUT2D eigenvalue weighted by atomic mass is 9.95. The third-order valence-electron chi connectivity index (χ3n) is 4.49. The van der Waals surface area contributed by atoms with Crippen LogP contribution in [0.5, 0.6) is 0 Å². The highest BCUT2D eigenvalue weighted by Gasteiger charge is 2.39. The van der Waals surface area contributed by atoms with Gasteiger partial charge in [-0.25, -0.2) is 0 Å². The highest BCUT2D eigenvalue weighted by molar-refractivity contribution is 9.10. The van der Waals surface area contributed by atoms with Crippen molar-refractivity contribution in [1.82, 2.24) is 5.32 Å². The van der Waals surface area contributed by atoms with Crippen LogP contribution in [-0.4, -0.2) is 11.2 Å². The minimum atomic E-state index is 0.592. The van der Waals surface area contributed by atoms with Crippen molar-refractivity contribution in [3.8, 4) is 0 Å². The molecule has 0 heterocycles. The van der Waals surface area contributed by atoms with Crippen molar-refractivity contribution in [3.05, 3.63) is 28.2 Å². The summed E-state index contributed by atoms with van der Waals surface area (Å²) in [4.78, 5) is 0. The summed E-state index contributed by atoms with van der Waals surface area (Å²) in [7, 11) is 0. The average Bonchev–Trinajstić information content (AvgIpc) is 2.95. The molecule has 2 bridgehead atoms. The molecule has 0 saturated heterocycles. The van der Waals surface area contributed by atoms with Gasteiger partial charge in [0, 0.05) is 16.2 Å². The van der Waals surface area contributed by atoms with Crippen molar-refractivity contribution >= 4 is 38.9 Å². The first kappa shape index (κ1) is 13.4. The van der Waals surface area contributed by atoms with E-state index in [1.54, 1.807) is 0 Å². The summed E-state index contributed by atoms with van der Waals surface area (Å²) in [5.74, 6) is 1.79. The van der Waals surface area contributed by atoms with Crippen molar-refractivity contribution in [1.29, 1.82) is 0 Å². The van der Waals surface area contributed by atoms with E-state index < -0.39 is 0 Å². The Labute approximate surface area is 128 Å². The molecule has 1 aromatic carbocycles. The van der Waals surface area contributed by atoms with Gasteiger partial charge in [-0.2, -0.15) is 0 Å². The second-order valence-corrected chi connectivity index (χ2v) is 7.16. The van der Waals surface area contributed by atoms with Crippen LogP contribution >= 0.6 is 28.1 Å². The number of anilines is 1. The monoisotopic (exact) mass is 338 g/mol. The van der Waals surface area contributed by atoms with Gasteiger partial charge in [0.1, 0.15) is 0 Å². The van der Waals surface area contributed by atoms with E-state index in [0.717, 1.165) is 27.1 Å². The van der Waals surface area contributed by atoms with Crippen LogP contribution in [0.25, 0.3) is 0 Å². The van der Waals surface area contributed by atoms with Crippen LogP contribution in [0.2, 0.25) is 0 Å². The van der Waals surface area contributed by atoms with Crippen LogP contribution in [0.4, 0.5) is 5.69 Å². The van der Waals surface area contributed by atoms with E-state index in [-0.39, 0.29) is 0 Å². The van der Waals surface area contributed by atoms with Gasteiger partial charge in [0.2, 0.25) is 0 Å². The van der Waals surface area contributed by atoms with Gasteiger partial charge in [0.05, 0.1) is 0 Å². The zero-order valence-corrected chi connectivity index (χ0v) is 13.5. The highest BCUT2D eigenvalue weighted by atomic mass is 79.9. The van der Waals surface area contributed by atoms with Crippen molar-refractivity contribution in [2.24, 2.45) is 11.8 Å². The molecule has 0 spiro atoms. The molecular formula is C15H19BrN2S. The second kappa shape index (κ2) is 5.41. The summed E-state index contributed by atoms with van der Waals surface area (Å²) < 4.78 is 1.10. The molecule has 2 aliphatic rings. The van der Waals surface area contributed by atoms with Gasteiger partial charge < -0.3 is 10.6 Å². The van der Waals surface area contributed by atoms with Gasteiger partial charge in [0.25, 0.3) is 0 Å². The standard InChI is InChI=1S/C15H19BrN2S/c1-9-6-12(16)4-5-13(9)17-15(19)18-14-8-10-2-3-11(14)7-10/h4-6,10-11,14H,2-3,7-8H2,1H3,(H2,17,18,19)/t10-,11+,14-/m0/s1. The zero-order valence-electron chi connectivity index (χ0n) is 11.1. The van der Waals surface area contributed by atoms with Crippen LogP contribution < -0.4 is 10.6 Å². The van der Waals surface area contributed by atoms with Crippen molar-refractivity contribution < 1.29 is 0 Å². The van der Waals surface area contributed by atoms with E-state index >= 15 is 0 Å². The first-order valence-electron chi connectivity index (χ1n) is 6.95. The Morgan fingerprint density at radius 3 is 2.79 bits per heavy atom. The van der Waals surface area contributed by atoms with E-state index in [4.69, 9.17) is 12.2 Å². The van der Waals surface area contributed by atoms with E-state index in [2.05, 4.69) is 45.6 Å². The summed E-state index contributed by atoms with van der Waals surface area (Å²) in [6.45, 7) is 2.09. The molecule has 102 valence electrons. The van der Waals surface area contributed by atoms with Crippen LogP contribution in [0.1, 0.15) is 31.2 Å². The van der Waals surface area contributed by atoms with Crippen molar-refractivity contribution in [3.63, 3.8) is 0 Å². The molecule has 4 heteroatoms. The topological polar surface area (TPSA) is 24.1 Å². The smallest absolute Gasteiger partial charge is 0.171 e. The molecular weight excluding hydrogens is 320 g/mol. The maximum absolute atomic E-state index is 5.45. The molecule has 0 amide bonds. The first-order chi connectivity index (χ1) is 9.11. The van der Waals surface area contributed by atoms with Crippen LogP contribution in [0, 0.1) is 18.8 Å². The Kier molecular flexibility index (Phi) is 3.81. The lowest BCUT2D eigenvalue weighted by Crippen LogP contribution is -2.40. The molecule has 19 heavy (non-hydrogen) atoms. The molecule has 0 unspecified atom stereocenters. The van der Waals surface area contributed by atoms with Gasteiger partial charge in [-0.05, 0) is 74.0 Å². The van der Waals surface area contributed by atoms with E-state index in [1.165, 1.54) is 31.2 Å². The Bertz CT molecular complexity index is 503. The number of nitrogens with one attached hydrogen (secondary N) is 2. The molecule has 0 radical (unpaired) electrons. The number of fused-ring (bicyclic) bond motifs is 2. The fourth-order valence-corrected chi connectivity index (χ4v) is 4.25. The Morgan fingerprint density at radius 2 is 2.16 bits per heavy atom. The number of rotatable bonds is 2. The second-order valence-electron chi connectivity index (χ2n) is 5.84. The molecule has 2 fully saturated rings. The summed E-state index contributed by atoms with van der Waals surface area (Å²) in [5.41, 5.74) is 2.29. The molecule has 2 aliphatic carbocycles. The summed E-state index contributed by atoms with van der Waals surface area (Å²) >= 11 is 8.93. The summed E-state index contributed by atoms with van der Waals surface area (Å²) in [6, 6.07) is 6.79. The molecule has 2 nitrogen and oxygen atoms in total. The molecule has 0 aromatic heterocycles. The molecule has 0 aliphatic heterocycles. The fraction of sp³-hybridized carbons (Fsp3) is 0.533. The SMILES string of the molecule is Cc1cc(Br)ccc1NC(=S)N[C@H]1C[C@H]2CC[C@@H]1C2. The Morgan fingerprint density at radius 1 is 1.32 bits per heavy atom.